The van der Waals surface area contributed by atoms with Crippen molar-refractivity contribution in [3.05, 3.63) is 23.8 Å². The number of fused-ring (bicyclic) bond motifs is 1. The molecule has 0 aromatic heterocycles. The first-order valence-corrected chi connectivity index (χ1v) is 9.07. The normalized spacial score (nSPS) is 20.2. The number of ketones is 1. The van der Waals surface area contributed by atoms with E-state index in [0.717, 1.165) is 0 Å². The molecule has 7 nitrogen and oxygen atoms in total. The van der Waals surface area contributed by atoms with Gasteiger partial charge in [0.2, 0.25) is 5.91 Å². The fourth-order valence-corrected chi connectivity index (χ4v) is 3.38. The van der Waals surface area contributed by atoms with E-state index < -0.39 is 6.10 Å². The second kappa shape index (κ2) is 7.86. The lowest BCUT2D eigenvalue weighted by atomic mass is 9.88. The molecule has 1 saturated heterocycles. The van der Waals surface area contributed by atoms with E-state index in [-0.39, 0.29) is 23.5 Å². The Labute approximate surface area is 153 Å². The largest absolute Gasteiger partial charge is 0.479 e. The Kier molecular flexibility index (Phi) is 5.56. The lowest BCUT2D eigenvalue weighted by molar-refractivity contribution is -0.132. The van der Waals surface area contributed by atoms with Crippen molar-refractivity contribution in [2.24, 2.45) is 5.92 Å². The average Bonchev–Trinajstić information content (AvgIpc) is 2.66. The van der Waals surface area contributed by atoms with Gasteiger partial charge in [0, 0.05) is 37.5 Å². The molecule has 0 radical (unpaired) electrons. The number of nitrogens with one attached hydrogen (secondary N) is 2. The number of carbonyl (C=O) groups excluding carboxylic acids is 3. The summed E-state index contributed by atoms with van der Waals surface area (Å²) in [5, 5.41) is 5.75. The van der Waals surface area contributed by atoms with Gasteiger partial charge in [0.1, 0.15) is 5.75 Å². The smallest absolute Gasteiger partial charge is 0.265 e. The van der Waals surface area contributed by atoms with E-state index in [0.29, 0.717) is 55.9 Å². The molecular weight excluding hydrogens is 334 g/mol. The van der Waals surface area contributed by atoms with E-state index in [1.165, 1.54) is 0 Å². The van der Waals surface area contributed by atoms with Crippen LogP contribution in [-0.4, -0.2) is 55.3 Å². The van der Waals surface area contributed by atoms with Crippen LogP contribution in [0.3, 0.4) is 0 Å². The zero-order chi connectivity index (χ0) is 18.7. The van der Waals surface area contributed by atoms with Crippen LogP contribution < -0.4 is 15.4 Å². The van der Waals surface area contributed by atoms with Gasteiger partial charge in [0.05, 0.1) is 5.69 Å². The van der Waals surface area contributed by atoms with Crippen LogP contribution in [0.25, 0.3) is 0 Å². The zero-order valence-electron chi connectivity index (χ0n) is 15.2. The number of amides is 2. The highest BCUT2D eigenvalue weighted by atomic mass is 16.5. The predicted molar refractivity (Wildman–Crippen MR) is 97.3 cm³/mol. The Balaban J connectivity index is 1.62. The Morgan fingerprint density at radius 3 is 2.73 bits per heavy atom. The third-order valence-electron chi connectivity index (χ3n) is 5.00. The van der Waals surface area contributed by atoms with Gasteiger partial charge in [-0.1, -0.05) is 0 Å². The van der Waals surface area contributed by atoms with Crippen LogP contribution >= 0.6 is 0 Å². The maximum absolute atomic E-state index is 12.8. The highest BCUT2D eigenvalue weighted by molar-refractivity contribution is 6.02. The number of likely N-dealkylation sites (tertiary alicyclic amines) is 1. The number of piperidine rings is 1. The van der Waals surface area contributed by atoms with Gasteiger partial charge in [0.25, 0.3) is 5.91 Å². The predicted octanol–water partition coefficient (Wildman–Crippen LogP) is 1.44. The van der Waals surface area contributed by atoms with Crippen LogP contribution in [-0.2, 0) is 9.59 Å². The van der Waals surface area contributed by atoms with E-state index in [2.05, 4.69) is 10.6 Å². The molecule has 3 rings (SSSR count). The second-order valence-corrected chi connectivity index (χ2v) is 6.83. The Morgan fingerprint density at radius 2 is 2.04 bits per heavy atom. The van der Waals surface area contributed by atoms with E-state index in [4.69, 9.17) is 4.74 Å². The summed E-state index contributed by atoms with van der Waals surface area (Å²) < 4.78 is 5.52. The summed E-state index contributed by atoms with van der Waals surface area (Å²) in [7, 11) is 1.82. The average molecular weight is 359 g/mol. The SMILES string of the molecule is CNCCC(=O)N1CCC(C(=O)c2ccc3c(c2)NC(=O)C(C)O3)CC1. The van der Waals surface area contributed by atoms with Crippen LogP contribution in [0, 0.1) is 5.92 Å². The number of rotatable bonds is 5. The van der Waals surface area contributed by atoms with Crippen LogP contribution in [0.5, 0.6) is 5.75 Å². The minimum absolute atomic E-state index is 0.0583. The lowest BCUT2D eigenvalue weighted by Crippen LogP contribution is -2.41. The number of benzene rings is 1. The lowest BCUT2D eigenvalue weighted by Gasteiger charge is -2.31. The molecule has 140 valence electrons. The van der Waals surface area contributed by atoms with Gasteiger partial charge in [-0.25, -0.2) is 0 Å². The third kappa shape index (κ3) is 3.88. The van der Waals surface area contributed by atoms with E-state index in [9.17, 15) is 14.4 Å². The number of nitrogens with zero attached hydrogens (tertiary/aromatic N) is 1. The highest BCUT2D eigenvalue weighted by Crippen LogP contribution is 2.32. The number of Topliss-reactive ketones (excluding diaryl/α,β-unsaturated/α-hetero) is 1. The number of hydrogen-bond acceptors (Lipinski definition) is 5. The zero-order valence-corrected chi connectivity index (χ0v) is 15.2. The summed E-state index contributed by atoms with van der Waals surface area (Å²) in [6, 6.07) is 5.16. The van der Waals surface area contributed by atoms with Crippen molar-refractivity contribution in [2.45, 2.75) is 32.3 Å². The van der Waals surface area contributed by atoms with Crippen molar-refractivity contribution in [3.8, 4) is 5.75 Å². The molecule has 2 N–H and O–H groups in total. The van der Waals surface area contributed by atoms with Crippen molar-refractivity contribution in [1.29, 1.82) is 0 Å². The van der Waals surface area contributed by atoms with Crippen LogP contribution in [0.4, 0.5) is 5.69 Å². The first kappa shape index (κ1) is 18.4. The van der Waals surface area contributed by atoms with Crippen molar-refractivity contribution >= 4 is 23.3 Å². The van der Waals surface area contributed by atoms with E-state index in [1.54, 1.807) is 25.1 Å². The molecule has 1 fully saturated rings. The molecule has 0 saturated carbocycles. The van der Waals surface area contributed by atoms with Crippen LogP contribution in [0.15, 0.2) is 18.2 Å². The molecule has 1 aromatic rings. The molecular formula is C19H25N3O4. The summed E-state index contributed by atoms with van der Waals surface area (Å²) in [5.41, 5.74) is 1.11. The topological polar surface area (TPSA) is 87.7 Å². The quantitative estimate of drug-likeness (QED) is 0.777. The highest BCUT2D eigenvalue weighted by Gasteiger charge is 2.29. The molecule has 2 amide bonds. The summed E-state index contributed by atoms with van der Waals surface area (Å²) in [4.78, 5) is 38.5. The number of carbonyl (C=O) groups is 3. The van der Waals surface area contributed by atoms with Crippen molar-refractivity contribution in [1.82, 2.24) is 10.2 Å². The van der Waals surface area contributed by atoms with Crippen LogP contribution in [0.1, 0.15) is 36.5 Å². The summed E-state index contributed by atoms with van der Waals surface area (Å²) >= 11 is 0. The van der Waals surface area contributed by atoms with Crippen molar-refractivity contribution < 1.29 is 19.1 Å². The summed E-state index contributed by atoms with van der Waals surface area (Å²) in [5.74, 6) is 0.464. The van der Waals surface area contributed by atoms with Gasteiger partial charge in [-0.3, -0.25) is 14.4 Å². The number of ether oxygens (including phenoxy) is 1. The van der Waals surface area contributed by atoms with Crippen LogP contribution in [0.2, 0.25) is 0 Å². The molecule has 0 aliphatic carbocycles. The van der Waals surface area contributed by atoms with Gasteiger partial charge in [0.15, 0.2) is 11.9 Å². The first-order valence-electron chi connectivity index (χ1n) is 9.07. The summed E-state index contributed by atoms with van der Waals surface area (Å²) in [6.07, 6.45) is 1.29. The third-order valence-corrected chi connectivity index (χ3v) is 5.00. The van der Waals surface area contributed by atoms with Gasteiger partial charge in [-0.15, -0.1) is 0 Å². The minimum Gasteiger partial charge on any atom is -0.479 e. The number of hydrogen-bond donors (Lipinski definition) is 2. The molecule has 0 bridgehead atoms. The fourth-order valence-electron chi connectivity index (χ4n) is 3.38. The summed E-state index contributed by atoms with van der Waals surface area (Å²) in [6.45, 7) is 3.57. The molecule has 0 spiro atoms. The maximum atomic E-state index is 12.8. The number of anilines is 1. The molecule has 7 heteroatoms. The molecule has 26 heavy (non-hydrogen) atoms. The molecule has 1 aromatic carbocycles. The van der Waals surface area contributed by atoms with E-state index >= 15 is 0 Å². The second-order valence-electron chi connectivity index (χ2n) is 6.83. The fraction of sp³-hybridized carbons (Fsp3) is 0.526. The monoisotopic (exact) mass is 359 g/mol. The Hall–Kier alpha value is -2.41. The Morgan fingerprint density at radius 1 is 1.31 bits per heavy atom. The maximum Gasteiger partial charge on any atom is 0.265 e. The standard InChI is InChI=1S/C19H25N3O4/c1-12-19(25)21-15-11-14(3-4-16(15)26-12)18(24)13-6-9-22(10-7-13)17(23)5-8-20-2/h3-4,11-13,20H,5-10H2,1-2H3,(H,21,25). The first-order chi connectivity index (χ1) is 12.5. The van der Waals surface area contributed by atoms with Gasteiger partial charge < -0.3 is 20.3 Å². The van der Waals surface area contributed by atoms with Gasteiger partial charge >= 0.3 is 0 Å². The Bertz CT molecular complexity index is 711. The van der Waals surface area contributed by atoms with Crippen molar-refractivity contribution in [2.75, 3.05) is 32.0 Å². The molecule has 2 heterocycles. The molecule has 1 unspecified atom stereocenters. The minimum atomic E-state index is -0.533. The molecule has 2 aliphatic heterocycles. The van der Waals surface area contributed by atoms with E-state index in [1.807, 2.05) is 11.9 Å². The van der Waals surface area contributed by atoms with Gasteiger partial charge in [-0.2, -0.15) is 0 Å². The van der Waals surface area contributed by atoms with Gasteiger partial charge in [-0.05, 0) is 45.0 Å². The molecule has 2 aliphatic rings. The van der Waals surface area contributed by atoms with Crippen molar-refractivity contribution in [3.63, 3.8) is 0 Å². The molecule has 1 atom stereocenters.